The Morgan fingerprint density at radius 3 is 2.35 bits per heavy atom. The van der Waals surface area contributed by atoms with Gasteiger partial charge in [0, 0.05) is 62.2 Å². The Kier molecular flexibility index (Phi) is 8.59. The molecule has 3 aromatic rings. The number of carbonyl (C=O) groups is 1. The minimum atomic E-state index is -0.250. The molecule has 1 saturated heterocycles. The van der Waals surface area contributed by atoms with Crippen molar-refractivity contribution in [1.29, 1.82) is 0 Å². The monoisotopic (exact) mass is 579 g/mol. The van der Waals surface area contributed by atoms with Crippen LogP contribution < -0.4 is 10.2 Å². The van der Waals surface area contributed by atoms with Gasteiger partial charge in [0.05, 0.1) is 11.8 Å². The van der Waals surface area contributed by atoms with Crippen molar-refractivity contribution in [3.05, 3.63) is 94.4 Å². The zero-order valence-corrected chi connectivity index (χ0v) is 25.6. The Labute approximate surface area is 254 Å². The molecule has 1 saturated carbocycles. The van der Waals surface area contributed by atoms with Gasteiger partial charge in [0.15, 0.2) is 0 Å². The van der Waals surface area contributed by atoms with E-state index < -0.39 is 0 Å². The highest BCUT2D eigenvalue weighted by Gasteiger charge is 2.29. The molecule has 6 rings (SSSR count). The molecule has 0 spiro atoms. The first kappa shape index (κ1) is 29.1. The lowest BCUT2D eigenvalue weighted by atomic mass is 9.91. The zero-order chi connectivity index (χ0) is 29.9. The van der Waals surface area contributed by atoms with E-state index in [2.05, 4.69) is 61.3 Å². The summed E-state index contributed by atoms with van der Waals surface area (Å²) in [7, 11) is 0. The summed E-state index contributed by atoms with van der Waals surface area (Å²) in [5.41, 5.74) is 9.01. The van der Waals surface area contributed by atoms with Crippen LogP contribution in [0.3, 0.4) is 0 Å². The van der Waals surface area contributed by atoms with E-state index in [1.54, 1.807) is 12.1 Å². The largest absolute Gasteiger partial charge is 0.382 e. The molecule has 3 aliphatic rings. The molecule has 2 aliphatic heterocycles. The topological polar surface area (TPSA) is 60.8 Å². The van der Waals surface area contributed by atoms with E-state index in [9.17, 15) is 9.18 Å². The number of carbonyl (C=O) groups excluding carboxylic acids is 1. The van der Waals surface area contributed by atoms with Gasteiger partial charge in [0.1, 0.15) is 11.6 Å². The lowest BCUT2D eigenvalue weighted by Gasteiger charge is -2.35. The van der Waals surface area contributed by atoms with Crippen molar-refractivity contribution in [3.8, 4) is 0 Å². The highest BCUT2D eigenvalue weighted by molar-refractivity contribution is 6.19. The van der Waals surface area contributed by atoms with E-state index in [0.717, 1.165) is 60.6 Å². The molecule has 3 heterocycles. The van der Waals surface area contributed by atoms with Gasteiger partial charge in [0.25, 0.3) is 0 Å². The molecule has 1 aliphatic carbocycles. The molecule has 6 nitrogen and oxygen atoms in total. The van der Waals surface area contributed by atoms with E-state index in [0.29, 0.717) is 25.6 Å². The number of allylic oxidation sites excluding steroid dienone is 1. The van der Waals surface area contributed by atoms with Crippen LogP contribution >= 0.6 is 0 Å². The molecule has 1 amide bonds. The summed E-state index contributed by atoms with van der Waals surface area (Å²) in [6.45, 7) is 9.38. The number of piperazine rings is 1. The Bertz CT molecular complexity index is 1520. The molecule has 7 heteroatoms. The van der Waals surface area contributed by atoms with Crippen molar-refractivity contribution in [1.82, 2.24) is 9.88 Å². The maximum atomic E-state index is 13.6. The molecule has 2 aromatic carbocycles. The maximum Gasteiger partial charge on any atom is 0.222 e. The number of aromatic nitrogens is 1. The predicted octanol–water partition coefficient (Wildman–Crippen LogP) is 6.83. The molecule has 0 radical (unpaired) electrons. The van der Waals surface area contributed by atoms with Gasteiger partial charge in [-0.25, -0.2) is 9.37 Å². The number of nitrogens with one attached hydrogen (secondary N) is 1. The maximum absolute atomic E-state index is 13.6. The Morgan fingerprint density at radius 1 is 0.977 bits per heavy atom. The summed E-state index contributed by atoms with van der Waals surface area (Å²) in [6, 6.07) is 17.9. The van der Waals surface area contributed by atoms with E-state index in [4.69, 9.17) is 9.98 Å². The van der Waals surface area contributed by atoms with Gasteiger partial charge in [0.2, 0.25) is 5.91 Å². The smallest absolute Gasteiger partial charge is 0.222 e. The number of hydrogen-bond donors (Lipinski definition) is 1. The number of halogens is 1. The van der Waals surface area contributed by atoms with E-state index in [1.807, 2.05) is 11.1 Å². The number of nitrogens with zero attached hydrogens (tertiary/aromatic N) is 4. The zero-order valence-electron chi connectivity index (χ0n) is 25.6. The Hall–Kier alpha value is -4.00. The second kappa shape index (κ2) is 12.7. The number of hydrogen-bond acceptors (Lipinski definition) is 5. The quantitative estimate of drug-likeness (QED) is 0.286. The number of aryl methyl sites for hydroxylation is 2. The third kappa shape index (κ3) is 6.66. The molecular weight excluding hydrogens is 537 g/mol. The summed E-state index contributed by atoms with van der Waals surface area (Å²) >= 11 is 0. The predicted molar refractivity (Wildman–Crippen MR) is 173 cm³/mol. The minimum absolute atomic E-state index is 0.0250. The van der Waals surface area contributed by atoms with Crippen LogP contribution in [-0.4, -0.2) is 59.8 Å². The standard InChI is InChI=1S/C36H42FN5O/c1-4-26-23-38-33(22-32(26)39-30-16-17-30)41-18-20-42(21-19-41)34(43)7-5-6-31-35(27-10-8-24(2)9-11-27)25(3)36(40-31)28-12-14-29(37)15-13-28/h8-15,22-23,30-31H,4-7,16-21H2,1-3H3,(H,38,39). The van der Waals surface area contributed by atoms with E-state index in [1.165, 1.54) is 47.4 Å². The molecule has 1 aromatic heterocycles. The highest BCUT2D eigenvalue weighted by Crippen LogP contribution is 2.36. The van der Waals surface area contributed by atoms with Crippen LogP contribution in [0.4, 0.5) is 15.9 Å². The summed E-state index contributed by atoms with van der Waals surface area (Å²) in [4.78, 5) is 27.4. The summed E-state index contributed by atoms with van der Waals surface area (Å²) in [5, 5.41) is 3.66. The van der Waals surface area contributed by atoms with Crippen LogP contribution in [0.1, 0.15) is 68.2 Å². The van der Waals surface area contributed by atoms with Crippen LogP contribution in [0, 0.1) is 12.7 Å². The van der Waals surface area contributed by atoms with Crippen LogP contribution in [0.2, 0.25) is 0 Å². The molecule has 2 fully saturated rings. The van der Waals surface area contributed by atoms with Gasteiger partial charge >= 0.3 is 0 Å². The van der Waals surface area contributed by atoms with Crippen LogP contribution in [0.25, 0.3) is 5.57 Å². The molecule has 1 unspecified atom stereocenters. The summed E-state index contributed by atoms with van der Waals surface area (Å²) < 4.78 is 13.6. The average Bonchev–Trinajstić information content (AvgIpc) is 3.79. The number of pyridine rings is 1. The third-order valence-electron chi connectivity index (χ3n) is 8.97. The summed E-state index contributed by atoms with van der Waals surface area (Å²) in [6.07, 6.45) is 7.53. The number of amides is 1. The first-order valence-corrected chi connectivity index (χ1v) is 15.8. The number of benzene rings is 2. The molecule has 0 bridgehead atoms. The molecule has 224 valence electrons. The fourth-order valence-corrected chi connectivity index (χ4v) is 6.24. The van der Waals surface area contributed by atoms with Crippen LogP contribution in [0.15, 0.2) is 71.4 Å². The average molecular weight is 580 g/mol. The number of anilines is 2. The highest BCUT2D eigenvalue weighted by atomic mass is 19.1. The Morgan fingerprint density at radius 2 is 1.67 bits per heavy atom. The minimum Gasteiger partial charge on any atom is -0.382 e. The second-order valence-electron chi connectivity index (χ2n) is 12.1. The number of aliphatic imine (C=N–C) groups is 1. The van der Waals surface area contributed by atoms with Crippen LogP contribution in [0.5, 0.6) is 0 Å². The molecule has 1 N–H and O–H groups in total. The van der Waals surface area contributed by atoms with Crippen molar-refractivity contribution < 1.29 is 9.18 Å². The van der Waals surface area contributed by atoms with Crippen molar-refractivity contribution in [2.75, 3.05) is 36.4 Å². The van der Waals surface area contributed by atoms with Gasteiger partial charge in [-0.1, -0.05) is 36.8 Å². The molecular formula is C36H42FN5O. The van der Waals surface area contributed by atoms with Crippen molar-refractivity contribution in [2.24, 2.45) is 4.99 Å². The fourth-order valence-electron chi connectivity index (χ4n) is 6.24. The first-order chi connectivity index (χ1) is 20.9. The molecule has 1 atom stereocenters. The lowest BCUT2D eigenvalue weighted by molar-refractivity contribution is -0.131. The van der Waals surface area contributed by atoms with Gasteiger partial charge in [-0.2, -0.15) is 0 Å². The third-order valence-corrected chi connectivity index (χ3v) is 8.97. The normalized spacial score (nSPS) is 18.7. The van der Waals surface area contributed by atoms with Crippen LogP contribution in [-0.2, 0) is 11.2 Å². The fraction of sp³-hybridized carbons (Fsp3) is 0.417. The van der Waals surface area contributed by atoms with Gasteiger partial charge < -0.3 is 15.1 Å². The lowest BCUT2D eigenvalue weighted by Crippen LogP contribution is -2.49. The summed E-state index contributed by atoms with van der Waals surface area (Å²) in [5.74, 6) is 0.956. The molecule has 43 heavy (non-hydrogen) atoms. The van der Waals surface area contributed by atoms with E-state index >= 15 is 0 Å². The first-order valence-electron chi connectivity index (χ1n) is 15.8. The number of rotatable bonds is 10. The second-order valence-corrected chi connectivity index (χ2v) is 12.1. The van der Waals surface area contributed by atoms with E-state index in [-0.39, 0.29) is 17.8 Å². The van der Waals surface area contributed by atoms with Crippen molar-refractivity contribution >= 4 is 28.7 Å². The van der Waals surface area contributed by atoms with Crippen molar-refractivity contribution in [2.45, 2.75) is 71.4 Å². The van der Waals surface area contributed by atoms with Gasteiger partial charge in [-0.3, -0.25) is 9.79 Å². The van der Waals surface area contributed by atoms with Gasteiger partial charge in [-0.15, -0.1) is 0 Å². The SMILES string of the molecule is CCc1cnc(N2CCN(C(=O)CCCC3N=C(c4ccc(F)cc4)C(C)=C3c3ccc(C)cc3)CC2)cc1NC1CC1. The van der Waals surface area contributed by atoms with Gasteiger partial charge in [-0.05, 0) is 92.5 Å². The van der Waals surface area contributed by atoms with Crippen molar-refractivity contribution in [3.63, 3.8) is 0 Å². The Balaban J connectivity index is 1.07.